The van der Waals surface area contributed by atoms with Crippen LogP contribution in [0.4, 0.5) is 5.69 Å². The molecule has 2 rings (SSSR count). The zero-order chi connectivity index (χ0) is 14.9. The van der Waals surface area contributed by atoms with Crippen LogP contribution in [0.5, 0.6) is 0 Å². The predicted molar refractivity (Wildman–Crippen MR) is 70.4 cm³/mol. The molecule has 2 atom stereocenters. The number of carbonyl (C=O) groups excluding carboxylic acids is 2. The monoisotopic (exact) mass is 277 g/mol. The summed E-state index contributed by atoms with van der Waals surface area (Å²) in [6, 6.07) is 4.98. The van der Waals surface area contributed by atoms with Crippen LogP contribution < -0.4 is 5.32 Å². The number of anilines is 1. The summed E-state index contributed by atoms with van der Waals surface area (Å²) in [6.45, 7) is 1.82. The Labute approximate surface area is 115 Å². The van der Waals surface area contributed by atoms with Gasteiger partial charge < -0.3 is 15.2 Å². The van der Waals surface area contributed by atoms with Gasteiger partial charge in [0.1, 0.15) is 0 Å². The molecule has 1 aliphatic rings. The summed E-state index contributed by atoms with van der Waals surface area (Å²) in [5.41, 5.74) is 1.45. The molecule has 1 aliphatic carbocycles. The first-order chi connectivity index (χ1) is 9.43. The van der Waals surface area contributed by atoms with Gasteiger partial charge in [-0.3, -0.25) is 9.59 Å². The lowest BCUT2D eigenvalue weighted by atomic mass is 10.1. The standard InChI is InChI=1S/C14H15NO5/c1-7-3-4-11(10(5-7)14(19)20-2)15-12(16)8-6-9(8)13(17)18/h3-5,8-9H,6H2,1-2H3,(H,15,16)(H,17,18). The molecule has 1 saturated carbocycles. The van der Waals surface area contributed by atoms with Crippen molar-refractivity contribution in [3.8, 4) is 0 Å². The molecular formula is C14H15NO5. The fourth-order valence-electron chi connectivity index (χ4n) is 2.03. The van der Waals surface area contributed by atoms with Crippen molar-refractivity contribution in [2.45, 2.75) is 13.3 Å². The number of hydrogen-bond acceptors (Lipinski definition) is 4. The van der Waals surface area contributed by atoms with Gasteiger partial charge in [0.15, 0.2) is 0 Å². The number of methoxy groups -OCH3 is 1. The third-order valence-corrected chi connectivity index (χ3v) is 3.28. The molecule has 1 aromatic carbocycles. The van der Waals surface area contributed by atoms with Gasteiger partial charge in [0.25, 0.3) is 0 Å². The normalized spacial score (nSPS) is 20.1. The maximum Gasteiger partial charge on any atom is 0.339 e. The number of amides is 1. The van der Waals surface area contributed by atoms with E-state index in [-0.39, 0.29) is 11.5 Å². The van der Waals surface area contributed by atoms with Gasteiger partial charge in [-0.15, -0.1) is 0 Å². The van der Waals surface area contributed by atoms with Crippen molar-refractivity contribution in [1.29, 1.82) is 0 Å². The van der Waals surface area contributed by atoms with Crippen molar-refractivity contribution >= 4 is 23.5 Å². The van der Waals surface area contributed by atoms with E-state index in [1.54, 1.807) is 18.2 Å². The second-order valence-corrected chi connectivity index (χ2v) is 4.82. The highest BCUT2D eigenvalue weighted by molar-refractivity contribution is 6.04. The summed E-state index contributed by atoms with van der Waals surface area (Å²) in [5, 5.41) is 11.4. The molecule has 0 heterocycles. The van der Waals surface area contributed by atoms with Gasteiger partial charge in [0.2, 0.25) is 5.91 Å². The topological polar surface area (TPSA) is 92.7 Å². The zero-order valence-corrected chi connectivity index (χ0v) is 11.2. The van der Waals surface area contributed by atoms with Gasteiger partial charge in [-0.2, -0.15) is 0 Å². The number of hydrogen-bond donors (Lipinski definition) is 2. The van der Waals surface area contributed by atoms with E-state index < -0.39 is 23.8 Å². The van der Waals surface area contributed by atoms with E-state index in [0.29, 0.717) is 12.1 Å². The lowest BCUT2D eigenvalue weighted by molar-refractivity contribution is -0.139. The molecule has 0 aliphatic heterocycles. The van der Waals surface area contributed by atoms with Crippen molar-refractivity contribution in [3.63, 3.8) is 0 Å². The molecule has 1 amide bonds. The smallest absolute Gasteiger partial charge is 0.339 e. The van der Waals surface area contributed by atoms with Crippen molar-refractivity contribution < 1.29 is 24.2 Å². The van der Waals surface area contributed by atoms with E-state index in [1.807, 2.05) is 6.92 Å². The molecule has 0 spiro atoms. The maximum absolute atomic E-state index is 11.9. The number of aryl methyl sites for hydroxylation is 1. The number of aliphatic carboxylic acids is 1. The van der Waals surface area contributed by atoms with E-state index in [2.05, 4.69) is 10.1 Å². The van der Waals surface area contributed by atoms with Crippen LogP contribution in [0.2, 0.25) is 0 Å². The summed E-state index contributed by atoms with van der Waals surface area (Å²) in [6.07, 6.45) is 0.334. The minimum Gasteiger partial charge on any atom is -0.481 e. The number of rotatable bonds is 4. The lowest BCUT2D eigenvalue weighted by Gasteiger charge is -2.10. The molecular weight excluding hydrogens is 262 g/mol. The highest BCUT2D eigenvalue weighted by atomic mass is 16.5. The number of carboxylic acid groups (broad SMARTS) is 1. The first-order valence-electron chi connectivity index (χ1n) is 6.16. The van der Waals surface area contributed by atoms with Crippen LogP contribution in [0.1, 0.15) is 22.3 Å². The van der Waals surface area contributed by atoms with Crippen molar-refractivity contribution in [2.24, 2.45) is 11.8 Å². The van der Waals surface area contributed by atoms with Crippen LogP contribution in [0.3, 0.4) is 0 Å². The molecule has 0 bridgehead atoms. The third kappa shape index (κ3) is 2.79. The number of esters is 1. The summed E-state index contributed by atoms with van der Waals surface area (Å²) < 4.78 is 4.66. The second-order valence-electron chi connectivity index (χ2n) is 4.82. The van der Waals surface area contributed by atoms with Gasteiger partial charge in [0.05, 0.1) is 30.2 Å². The zero-order valence-electron chi connectivity index (χ0n) is 11.2. The van der Waals surface area contributed by atoms with E-state index >= 15 is 0 Å². The molecule has 1 fully saturated rings. The average molecular weight is 277 g/mol. The number of nitrogens with one attached hydrogen (secondary N) is 1. The highest BCUT2D eigenvalue weighted by Gasteiger charge is 2.48. The summed E-state index contributed by atoms with van der Waals surface area (Å²) in [5.74, 6) is -3.05. The molecule has 0 saturated heterocycles. The molecule has 0 radical (unpaired) electrons. The molecule has 2 N–H and O–H groups in total. The molecule has 2 unspecified atom stereocenters. The minimum absolute atomic E-state index is 0.258. The summed E-state index contributed by atoms with van der Waals surface area (Å²) >= 11 is 0. The molecule has 20 heavy (non-hydrogen) atoms. The van der Waals surface area contributed by atoms with Gasteiger partial charge in [0, 0.05) is 0 Å². The van der Waals surface area contributed by atoms with Crippen LogP contribution in [0, 0.1) is 18.8 Å². The Morgan fingerprint density at radius 3 is 2.55 bits per heavy atom. The van der Waals surface area contributed by atoms with Gasteiger partial charge in [-0.05, 0) is 25.5 Å². The fraction of sp³-hybridized carbons (Fsp3) is 0.357. The number of benzene rings is 1. The Balaban J connectivity index is 2.15. The quantitative estimate of drug-likeness (QED) is 0.812. The van der Waals surface area contributed by atoms with Crippen molar-refractivity contribution in [2.75, 3.05) is 12.4 Å². The molecule has 106 valence electrons. The molecule has 6 nitrogen and oxygen atoms in total. The van der Waals surface area contributed by atoms with E-state index in [9.17, 15) is 14.4 Å². The number of carboxylic acids is 1. The number of carbonyl (C=O) groups is 3. The largest absolute Gasteiger partial charge is 0.481 e. The maximum atomic E-state index is 11.9. The molecule has 0 aromatic heterocycles. The molecule has 6 heteroatoms. The van der Waals surface area contributed by atoms with Crippen molar-refractivity contribution in [1.82, 2.24) is 0 Å². The third-order valence-electron chi connectivity index (χ3n) is 3.28. The van der Waals surface area contributed by atoms with Crippen LogP contribution in [-0.2, 0) is 14.3 Å². The lowest BCUT2D eigenvalue weighted by Crippen LogP contribution is -2.19. The Morgan fingerprint density at radius 2 is 2.00 bits per heavy atom. The average Bonchev–Trinajstić information content (AvgIpc) is 3.20. The van der Waals surface area contributed by atoms with E-state index in [0.717, 1.165) is 5.56 Å². The number of ether oxygens (including phenoxy) is 1. The van der Waals surface area contributed by atoms with Gasteiger partial charge in [-0.25, -0.2) is 4.79 Å². The predicted octanol–water partition coefficient (Wildman–Crippen LogP) is 1.44. The van der Waals surface area contributed by atoms with Crippen molar-refractivity contribution in [3.05, 3.63) is 29.3 Å². The Morgan fingerprint density at radius 1 is 1.30 bits per heavy atom. The van der Waals surface area contributed by atoms with Crippen LogP contribution in [0.25, 0.3) is 0 Å². The van der Waals surface area contributed by atoms with E-state index in [1.165, 1.54) is 7.11 Å². The first kappa shape index (κ1) is 14.0. The highest BCUT2D eigenvalue weighted by Crippen LogP contribution is 2.39. The first-order valence-corrected chi connectivity index (χ1v) is 6.16. The van der Waals surface area contributed by atoms with E-state index in [4.69, 9.17) is 5.11 Å². The van der Waals surface area contributed by atoms with Gasteiger partial charge >= 0.3 is 11.9 Å². The van der Waals surface area contributed by atoms with Gasteiger partial charge in [-0.1, -0.05) is 11.6 Å². The van der Waals surface area contributed by atoms with Crippen LogP contribution in [0.15, 0.2) is 18.2 Å². The van der Waals surface area contributed by atoms with Crippen LogP contribution in [-0.4, -0.2) is 30.1 Å². The SMILES string of the molecule is COC(=O)c1cc(C)ccc1NC(=O)C1CC1C(=O)O. The Bertz CT molecular complexity index is 581. The fourth-order valence-corrected chi connectivity index (χ4v) is 2.03. The Kier molecular flexibility index (Phi) is 3.74. The second kappa shape index (κ2) is 5.32. The summed E-state index contributed by atoms with van der Waals surface area (Å²) in [7, 11) is 1.26. The Hall–Kier alpha value is -2.37. The molecule has 1 aromatic rings. The summed E-state index contributed by atoms with van der Waals surface area (Å²) in [4.78, 5) is 34.3. The van der Waals surface area contributed by atoms with Crippen LogP contribution >= 0.6 is 0 Å². The minimum atomic E-state index is -0.970.